The van der Waals surface area contributed by atoms with Gasteiger partial charge in [-0.05, 0) is 5.57 Å². The van der Waals surface area contributed by atoms with E-state index in [9.17, 15) is 0 Å². The molecule has 0 spiro atoms. The molecule has 0 radical (unpaired) electrons. The summed E-state index contributed by atoms with van der Waals surface area (Å²) >= 11 is 0. The third-order valence-electron chi connectivity index (χ3n) is 0.844. The summed E-state index contributed by atoms with van der Waals surface area (Å²) in [5.41, 5.74) is 1.03. The Morgan fingerprint density at radius 2 is 2.22 bits per heavy atom. The Hall–Kier alpha value is -0.390. The zero-order valence-electron chi connectivity index (χ0n) is 5.34. The number of hydrogen-bond acceptors (Lipinski definition) is 1. The van der Waals surface area contributed by atoms with Crippen LogP contribution in [0.2, 0.25) is 0 Å². The number of rotatable bonds is 4. The fraction of sp³-hybridized carbons (Fsp3) is 0.143. The highest BCUT2D eigenvalue weighted by atomic mass is 31.0. The van der Waals surface area contributed by atoms with Crippen molar-refractivity contribution in [2.45, 2.75) is 0 Å². The number of allylic oxidation sites excluding steroid dienone is 2. The average molecular weight is 142 g/mol. The van der Waals surface area contributed by atoms with Crippen LogP contribution < -0.4 is 0 Å². The van der Waals surface area contributed by atoms with Crippen LogP contribution in [-0.4, -0.2) is 6.61 Å². The van der Waals surface area contributed by atoms with Crippen molar-refractivity contribution in [3.63, 3.8) is 0 Å². The van der Waals surface area contributed by atoms with Crippen LogP contribution in [0.25, 0.3) is 0 Å². The highest BCUT2D eigenvalue weighted by Gasteiger charge is 1.84. The van der Waals surface area contributed by atoms with Gasteiger partial charge in [-0.1, -0.05) is 31.4 Å². The summed E-state index contributed by atoms with van der Waals surface area (Å²) in [5.74, 6) is 0. The first-order valence-corrected chi connectivity index (χ1v) is 3.08. The van der Waals surface area contributed by atoms with E-state index in [1.807, 2.05) is 6.08 Å². The molecule has 2 heteroatoms. The van der Waals surface area contributed by atoms with Crippen LogP contribution in [0.4, 0.5) is 0 Å². The molecule has 1 atom stereocenters. The Bertz CT molecular complexity index is 127. The maximum absolute atomic E-state index is 4.78. The molecular weight excluding hydrogens is 131 g/mol. The van der Waals surface area contributed by atoms with E-state index in [1.165, 1.54) is 0 Å². The van der Waals surface area contributed by atoms with Crippen molar-refractivity contribution >= 4 is 9.47 Å². The Kier molecular flexibility index (Phi) is 5.49. The summed E-state index contributed by atoms with van der Waals surface area (Å²) < 4.78 is 4.78. The van der Waals surface area contributed by atoms with Gasteiger partial charge in [0.1, 0.15) is 0 Å². The Morgan fingerprint density at radius 3 is 2.56 bits per heavy atom. The van der Waals surface area contributed by atoms with Crippen LogP contribution in [0.15, 0.2) is 37.0 Å². The minimum absolute atomic E-state index is 0.570. The largest absolute Gasteiger partial charge is 0.361 e. The maximum atomic E-state index is 4.78. The van der Waals surface area contributed by atoms with Gasteiger partial charge in [0.15, 0.2) is 0 Å². The van der Waals surface area contributed by atoms with E-state index < -0.39 is 0 Å². The van der Waals surface area contributed by atoms with Gasteiger partial charge < -0.3 is 4.52 Å². The van der Waals surface area contributed by atoms with Gasteiger partial charge in [-0.25, -0.2) is 0 Å². The predicted octanol–water partition coefficient (Wildman–Crippen LogP) is 2.09. The van der Waals surface area contributed by atoms with E-state index in [-0.39, 0.29) is 0 Å². The van der Waals surface area contributed by atoms with E-state index in [1.54, 1.807) is 12.2 Å². The summed E-state index contributed by atoms with van der Waals surface area (Å²) in [6, 6.07) is 0. The lowest BCUT2D eigenvalue weighted by Crippen LogP contribution is -1.84. The van der Waals surface area contributed by atoms with E-state index in [0.29, 0.717) is 6.61 Å². The molecule has 0 aliphatic carbocycles. The third-order valence-corrected chi connectivity index (χ3v) is 1.01. The van der Waals surface area contributed by atoms with Crippen molar-refractivity contribution in [2.75, 3.05) is 6.61 Å². The zero-order chi connectivity index (χ0) is 7.11. The molecule has 50 valence electrons. The quantitative estimate of drug-likeness (QED) is 0.431. The molecule has 0 aromatic rings. The highest BCUT2D eigenvalue weighted by Crippen LogP contribution is 1.99. The highest BCUT2D eigenvalue weighted by molar-refractivity contribution is 7.09. The average Bonchev–Trinajstić information content (AvgIpc) is 1.88. The molecule has 0 heterocycles. The normalized spacial score (nSPS) is 11.0. The monoisotopic (exact) mass is 142 g/mol. The summed E-state index contributed by atoms with van der Waals surface area (Å²) in [6.07, 6.45) is 5.31. The van der Waals surface area contributed by atoms with Crippen molar-refractivity contribution in [3.8, 4) is 0 Å². The molecular formula is C7H11OP. The zero-order valence-corrected chi connectivity index (χ0v) is 6.49. The van der Waals surface area contributed by atoms with Gasteiger partial charge in [-0.2, -0.15) is 0 Å². The van der Waals surface area contributed by atoms with Crippen LogP contribution in [0.5, 0.6) is 0 Å². The Labute approximate surface area is 58.4 Å². The van der Waals surface area contributed by atoms with Gasteiger partial charge in [-0.15, -0.1) is 0 Å². The van der Waals surface area contributed by atoms with Gasteiger partial charge in [0, 0.05) is 9.47 Å². The predicted molar refractivity (Wildman–Crippen MR) is 44.1 cm³/mol. The lowest BCUT2D eigenvalue weighted by atomic mass is 10.2. The molecule has 0 aromatic heterocycles. The molecule has 1 nitrogen and oxygen atoms in total. The van der Waals surface area contributed by atoms with Gasteiger partial charge >= 0.3 is 0 Å². The van der Waals surface area contributed by atoms with Crippen molar-refractivity contribution in [1.29, 1.82) is 0 Å². The molecule has 0 bridgehead atoms. The molecule has 0 N–H and O–H groups in total. The minimum atomic E-state index is 0.570. The maximum Gasteiger partial charge on any atom is 0.0752 e. The Balaban J connectivity index is 3.80. The summed E-state index contributed by atoms with van der Waals surface area (Å²) in [5, 5.41) is 0. The fourth-order valence-corrected chi connectivity index (χ4v) is 0.615. The molecule has 9 heavy (non-hydrogen) atoms. The van der Waals surface area contributed by atoms with Crippen molar-refractivity contribution in [1.82, 2.24) is 0 Å². The SMILES string of the molecule is C=C/C=C(\C=C)COP. The standard InChI is InChI=1S/C7H11OP/c1-3-5-7(4-2)6-8-9/h3-5H,1-2,6,9H2/b7-5+. The van der Waals surface area contributed by atoms with E-state index in [0.717, 1.165) is 5.57 Å². The molecule has 0 amide bonds. The van der Waals surface area contributed by atoms with Crippen molar-refractivity contribution < 1.29 is 4.52 Å². The lowest BCUT2D eigenvalue weighted by Gasteiger charge is -1.95. The van der Waals surface area contributed by atoms with Crippen molar-refractivity contribution in [3.05, 3.63) is 37.0 Å². The molecule has 0 aliphatic rings. The van der Waals surface area contributed by atoms with Crippen LogP contribution in [0.3, 0.4) is 0 Å². The second-order valence-electron chi connectivity index (χ2n) is 1.49. The van der Waals surface area contributed by atoms with E-state index in [4.69, 9.17) is 4.52 Å². The van der Waals surface area contributed by atoms with Gasteiger partial charge in [0.25, 0.3) is 0 Å². The smallest absolute Gasteiger partial charge is 0.0752 e. The number of hydrogen-bond donors (Lipinski definition) is 0. The molecule has 0 saturated heterocycles. The molecule has 0 rings (SSSR count). The van der Waals surface area contributed by atoms with E-state index in [2.05, 4.69) is 22.6 Å². The minimum Gasteiger partial charge on any atom is -0.361 e. The van der Waals surface area contributed by atoms with Crippen LogP contribution >= 0.6 is 9.47 Å². The van der Waals surface area contributed by atoms with E-state index >= 15 is 0 Å². The molecule has 0 aliphatic heterocycles. The third kappa shape index (κ3) is 4.14. The first-order valence-electron chi connectivity index (χ1n) is 2.61. The summed E-state index contributed by atoms with van der Waals surface area (Å²) in [7, 11) is 2.18. The summed E-state index contributed by atoms with van der Waals surface area (Å²) in [4.78, 5) is 0. The van der Waals surface area contributed by atoms with Gasteiger partial charge in [-0.3, -0.25) is 0 Å². The lowest BCUT2D eigenvalue weighted by molar-refractivity contribution is 0.418. The van der Waals surface area contributed by atoms with Crippen molar-refractivity contribution in [2.24, 2.45) is 0 Å². The van der Waals surface area contributed by atoms with Gasteiger partial charge in [0.05, 0.1) is 6.61 Å². The topological polar surface area (TPSA) is 9.23 Å². The summed E-state index contributed by atoms with van der Waals surface area (Å²) in [6.45, 7) is 7.71. The molecule has 0 saturated carbocycles. The molecule has 0 aromatic carbocycles. The van der Waals surface area contributed by atoms with Gasteiger partial charge in [0.2, 0.25) is 0 Å². The second-order valence-corrected chi connectivity index (χ2v) is 1.83. The molecule has 1 unspecified atom stereocenters. The second kappa shape index (κ2) is 5.74. The fourth-order valence-electron chi connectivity index (χ4n) is 0.423. The Morgan fingerprint density at radius 1 is 1.56 bits per heavy atom. The first-order chi connectivity index (χ1) is 4.35. The van der Waals surface area contributed by atoms with Crippen LogP contribution in [0.1, 0.15) is 0 Å². The first kappa shape index (κ1) is 8.61. The molecule has 0 fully saturated rings. The van der Waals surface area contributed by atoms with Crippen LogP contribution in [0, 0.1) is 0 Å². The van der Waals surface area contributed by atoms with Crippen LogP contribution in [-0.2, 0) is 4.52 Å².